The summed E-state index contributed by atoms with van der Waals surface area (Å²) in [5, 5.41) is 9.81. The molecule has 6 heteroatoms. The Morgan fingerprint density at radius 3 is 2.67 bits per heavy atom. The lowest BCUT2D eigenvalue weighted by Crippen LogP contribution is -2.30. The molecule has 5 nitrogen and oxygen atoms in total. The Labute approximate surface area is 161 Å². The van der Waals surface area contributed by atoms with Crippen LogP contribution in [0.4, 0.5) is 0 Å². The maximum Gasteiger partial charge on any atom is 0.259 e. The summed E-state index contributed by atoms with van der Waals surface area (Å²) >= 11 is 5.88. The molecule has 1 heterocycles. The van der Waals surface area contributed by atoms with Crippen molar-refractivity contribution in [2.24, 2.45) is 0 Å². The lowest BCUT2D eigenvalue weighted by molar-refractivity contribution is 0.0783. The number of hydrogen-bond acceptors (Lipinski definition) is 3. The molecule has 0 aliphatic carbocycles. The van der Waals surface area contributed by atoms with Gasteiger partial charge < -0.3 is 15.0 Å². The van der Waals surface area contributed by atoms with E-state index in [9.17, 15) is 9.59 Å². The van der Waals surface area contributed by atoms with Crippen molar-refractivity contribution in [3.05, 3.63) is 80.6 Å². The van der Waals surface area contributed by atoms with Crippen molar-refractivity contribution in [3.63, 3.8) is 0 Å². The minimum atomic E-state index is -0.375. The third-order valence-corrected chi connectivity index (χ3v) is 4.35. The molecule has 2 aromatic carbocycles. The molecule has 0 atom stereocenters. The Morgan fingerprint density at radius 1 is 1.22 bits per heavy atom. The predicted octanol–water partition coefficient (Wildman–Crippen LogP) is 2.80. The van der Waals surface area contributed by atoms with E-state index in [4.69, 9.17) is 16.7 Å². The molecule has 0 aliphatic rings. The number of H-pyrrole nitrogens is 1. The minimum absolute atomic E-state index is 0.0613. The fourth-order valence-corrected chi connectivity index (χ4v) is 2.86. The van der Waals surface area contributed by atoms with E-state index in [1.807, 2.05) is 12.1 Å². The predicted molar refractivity (Wildman–Crippen MR) is 106 cm³/mol. The summed E-state index contributed by atoms with van der Waals surface area (Å²) in [6.45, 7) is 0.0951. The second kappa shape index (κ2) is 8.09. The van der Waals surface area contributed by atoms with E-state index in [0.717, 1.165) is 5.56 Å². The Bertz CT molecular complexity index is 1110. The first-order valence-electron chi connectivity index (χ1n) is 8.24. The third-order valence-electron chi connectivity index (χ3n) is 4.10. The Balaban J connectivity index is 1.92. The number of nitrogens with zero attached hydrogens (tertiary/aromatic N) is 1. The number of halogens is 1. The molecule has 0 bridgehead atoms. The molecule has 2 N–H and O–H groups in total. The first kappa shape index (κ1) is 18.7. The standard InChI is InChI=1S/C21H17ClN2O3/c1-24(13-15-4-7-16(22)8-5-15)21(27)18-12-23-19-9-6-14(3-2-10-25)11-17(19)20(18)26/h4-9,11-12,25H,10,13H2,1H3,(H,23,26). The number of hydrogen-bond donors (Lipinski definition) is 2. The van der Waals surface area contributed by atoms with E-state index in [1.165, 1.54) is 11.1 Å². The molecule has 0 aliphatic heterocycles. The van der Waals surface area contributed by atoms with E-state index in [-0.39, 0.29) is 23.5 Å². The van der Waals surface area contributed by atoms with Crippen molar-refractivity contribution in [1.29, 1.82) is 0 Å². The number of pyridine rings is 1. The first-order valence-corrected chi connectivity index (χ1v) is 8.62. The average Bonchev–Trinajstić information content (AvgIpc) is 2.68. The molecule has 1 amide bonds. The molecule has 27 heavy (non-hydrogen) atoms. The lowest BCUT2D eigenvalue weighted by Gasteiger charge is -2.17. The number of carbonyl (C=O) groups excluding carboxylic acids is 1. The van der Waals surface area contributed by atoms with Crippen LogP contribution < -0.4 is 5.43 Å². The van der Waals surface area contributed by atoms with Gasteiger partial charge in [0.2, 0.25) is 5.43 Å². The fourth-order valence-electron chi connectivity index (χ4n) is 2.74. The first-order chi connectivity index (χ1) is 13.0. The number of benzene rings is 2. The normalized spacial score (nSPS) is 10.3. The summed E-state index contributed by atoms with van der Waals surface area (Å²) in [6.07, 6.45) is 1.43. The average molecular weight is 381 g/mol. The molecule has 0 saturated carbocycles. The van der Waals surface area contributed by atoms with Crippen LogP contribution in [-0.4, -0.2) is 34.6 Å². The van der Waals surface area contributed by atoms with Gasteiger partial charge in [-0.25, -0.2) is 0 Å². The molecule has 0 unspecified atom stereocenters. The lowest BCUT2D eigenvalue weighted by atomic mass is 10.1. The van der Waals surface area contributed by atoms with Crippen LogP contribution in [0.5, 0.6) is 0 Å². The Kier molecular flexibility index (Phi) is 5.60. The highest BCUT2D eigenvalue weighted by molar-refractivity contribution is 6.30. The van der Waals surface area contributed by atoms with Gasteiger partial charge in [-0.3, -0.25) is 9.59 Å². The summed E-state index contributed by atoms with van der Waals surface area (Å²) < 4.78 is 0. The van der Waals surface area contributed by atoms with Crippen LogP contribution in [0.2, 0.25) is 5.02 Å². The van der Waals surface area contributed by atoms with Gasteiger partial charge in [0, 0.05) is 41.3 Å². The second-order valence-corrected chi connectivity index (χ2v) is 6.48. The highest BCUT2D eigenvalue weighted by Crippen LogP contribution is 2.14. The summed E-state index contributed by atoms with van der Waals surface area (Å²) in [4.78, 5) is 30.0. The van der Waals surface area contributed by atoms with Gasteiger partial charge in [-0.05, 0) is 35.9 Å². The molecule has 0 saturated heterocycles. The van der Waals surface area contributed by atoms with Gasteiger partial charge in [-0.1, -0.05) is 35.6 Å². The maximum absolute atomic E-state index is 12.8. The molecule has 1 aromatic heterocycles. The number of aromatic nitrogens is 1. The number of rotatable bonds is 3. The molecule has 0 fully saturated rings. The smallest absolute Gasteiger partial charge is 0.259 e. The van der Waals surface area contributed by atoms with Crippen LogP contribution in [0.3, 0.4) is 0 Å². The highest BCUT2D eigenvalue weighted by Gasteiger charge is 2.17. The highest BCUT2D eigenvalue weighted by atomic mass is 35.5. The number of aromatic amines is 1. The zero-order chi connectivity index (χ0) is 19.4. The summed E-state index contributed by atoms with van der Waals surface area (Å²) in [7, 11) is 1.64. The molecule has 0 spiro atoms. The van der Waals surface area contributed by atoms with Crippen LogP contribution in [0.25, 0.3) is 10.9 Å². The van der Waals surface area contributed by atoms with Gasteiger partial charge >= 0.3 is 0 Å². The number of nitrogens with one attached hydrogen (secondary N) is 1. The van der Waals surface area contributed by atoms with Gasteiger partial charge in [-0.2, -0.15) is 0 Å². The molecule has 3 aromatic rings. The van der Waals surface area contributed by atoms with Crippen LogP contribution in [0.15, 0.2) is 53.5 Å². The minimum Gasteiger partial charge on any atom is -0.384 e. The number of fused-ring (bicyclic) bond motifs is 1. The molecular weight excluding hydrogens is 364 g/mol. The largest absolute Gasteiger partial charge is 0.384 e. The van der Waals surface area contributed by atoms with Crippen LogP contribution in [0, 0.1) is 11.8 Å². The van der Waals surface area contributed by atoms with Crippen molar-refractivity contribution in [1.82, 2.24) is 9.88 Å². The van der Waals surface area contributed by atoms with Crippen molar-refractivity contribution >= 4 is 28.4 Å². The van der Waals surface area contributed by atoms with E-state index in [1.54, 1.807) is 37.4 Å². The quantitative estimate of drug-likeness (QED) is 0.686. The third kappa shape index (κ3) is 4.20. The van der Waals surface area contributed by atoms with Gasteiger partial charge in [-0.15, -0.1) is 0 Å². The Morgan fingerprint density at radius 2 is 1.96 bits per heavy atom. The monoisotopic (exact) mass is 380 g/mol. The van der Waals surface area contributed by atoms with Gasteiger partial charge in [0.1, 0.15) is 12.2 Å². The number of aliphatic hydroxyl groups is 1. The number of carbonyl (C=O) groups is 1. The maximum atomic E-state index is 12.8. The molecule has 136 valence electrons. The van der Waals surface area contributed by atoms with Crippen LogP contribution >= 0.6 is 11.6 Å². The van der Waals surface area contributed by atoms with Gasteiger partial charge in [0.05, 0.1) is 0 Å². The van der Waals surface area contributed by atoms with E-state index >= 15 is 0 Å². The van der Waals surface area contributed by atoms with E-state index in [0.29, 0.717) is 28.0 Å². The van der Waals surface area contributed by atoms with Crippen LogP contribution in [0.1, 0.15) is 21.5 Å². The SMILES string of the molecule is CN(Cc1ccc(Cl)cc1)C(=O)c1c[nH]c2ccc(C#CCO)cc2c1=O. The second-order valence-electron chi connectivity index (χ2n) is 6.04. The van der Waals surface area contributed by atoms with Crippen molar-refractivity contribution in [3.8, 4) is 11.8 Å². The zero-order valence-corrected chi connectivity index (χ0v) is 15.4. The summed E-state index contributed by atoms with van der Waals surface area (Å²) in [5.74, 6) is 4.93. The number of amides is 1. The van der Waals surface area contributed by atoms with E-state index in [2.05, 4.69) is 16.8 Å². The molecule has 0 radical (unpaired) electrons. The van der Waals surface area contributed by atoms with Crippen LogP contribution in [-0.2, 0) is 6.54 Å². The Hall–Kier alpha value is -3.07. The molecule has 3 rings (SSSR count). The number of aliphatic hydroxyl groups excluding tert-OH is 1. The zero-order valence-electron chi connectivity index (χ0n) is 14.6. The van der Waals surface area contributed by atoms with Crippen molar-refractivity contribution in [2.45, 2.75) is 6.54 Å². The van der Waals surface area contributed by atoms with Gasteiger partial charge in [0.25, 0.3) is 5.91 Å². The summed E-state index contributed by atoms with van der Waals surface area (Å²) in [5.41, 5.74) is 1.83. The fraction of sp³-hybridized carbons (Fsp3) is 0.143. The summed E-state index contributed by atoms with van der Waals surface area (Å²) in [6, 6.07) is 12.3. The van der Waals surface area contributed by atoms with Crippen molar-refractivity contribution in [2.75, 3.05) is 13.7 Å². The van der Waals surface area contributed by atoms with E-state index < -0.39 is 0 Å². The molecular formula is C21H17ClN2O3. The topological polar surface area (TPSA) is 73.4 Å². The van der Waals surface area contributed by atoms with Gasteiger partial charge in [0.15, 0.2) is 0 Å². The van der Waals surface area contributed by atoms with Crippen molar-refractivity contribution < 1.29 is 9.90 Å².